The quantitative estimate of drug-likeness (QED) is 0.374. The number of pyridine rings is 1. The lowest BCUT2D eigenvalue weighted by Gasteiger charge is -2.25. The SMILES string of the molecule is O=C(c1c(-c2ccccc2)nc2ccccn12)N1CCC[C@H]1Cn1ccc(-c2ccccc2)n1. The molecule has 4 heterocycles. The van der Waals surface area contributed by atoms with Gasteiger partial charge in [-0.1, -0.05) is 66.7 Å². The maximum Gasteiger partial charge on any atom is 0.273 e. The molecule has 1 atom stereocenters. The molecule has 6 nitrogen and oxygen atoms in total. The van der Waals surface area contributed by atoms with Crippen LogP contribution < -0.4 is 0 Å². The van der Waals surface area contributed by atoms with Crippen LogP contribution in [0.3, 0.4) is 0 Å². The van der Waals surface area contributed by atoms with Gasteiger partial charge in [-0.25, -0.2) is 4.98 Å². The highest BCUT2D eigenvalue weighted by Gasteiger charge is 2.33. The molecule has 0 aliphatic carbocycles. The Morgan fingerprint density at radius 2 is 1.59 bits per heavy atom. The molecule has 3 aromatic heterocycles. The average molecular weight is 448 g/mol. The molecule has 1 aliphatic rings. The first-order valence-electron chi connectivity index (χ1n) is 11.7. The summed E-state index contributed by atoms with van der Waals surface area (Å²) in [6, 6.07) is 28.1. The Labute approximate surface area is 198 Å². The van der Waals surface area contributed by atoms with Crippen LogP contribution in [0.1, 0.15) is 23.3 Å². The molecule has 1 saturated heterocycles. The summed E-state index contributed by atoms with van der Waals surface area (Å²) in [5.74, 6) is 0.0236. The molecule has 6 rings (SSSR count). The maximum atomic E-state index is 14.0. The van der Waals surface area contributed by atoms with Crippen LogP contribution in [0, 0.1) is 0 Å². The van der Waals surface area contributed by atoms with E-state index in [0.29, 0.717) is 12.2 Å². The maximum absolute atomic E-state index is 14.0. The van der Waals surface area contributed by atoms with E-state index < -0.39 is 0 Å². The largest absolute Gasteiger partial charge is 0.332 e. The van der Waals surface area contributed by atoms with Crippen molar-refractivity contribution < 1.29 is 4.79 Å². The van der Waals surface area contributed by atoms with Gasteiger partial charge in [0.15, 0.2) is 0 Å². The zero-order valence-electron chi connectivity index (χ0n) is 18.8. The Kier molecular flexibility index (Phi) is 5.18. The van der Waals surface area contributed by atoms with Gasteiger partial charge in [0.1, 0.15) is 17.0 Å². The van der Waals surface area contributed by atoms with E-state index in [0.717, 1.165) is 47.5 Å². The molecule has 0 N–H and O–H groups in total. The van der Waals surface area contributed by atoms with Gasteiger partial charge in [0.25, 0.3) is 5.91 Å². The number of likely N-dealkylation sites (tertiary alicyclic amines) is 1. The monoisotopic (exact) mass is 447 g/mol. The fraction of sp³-hybridized carbons (Fsp3) is 0.179. The highest BCUT2D eigenvalue weighted by Crippen LogP contribution is 2.29. The van der Waals surface area contributed by atoms with Gasteiger partial charge in [0, 0.05) is 30.1 Å². The third-order valence-electron chi connectivity index (χ3n) is 6.53. The molecule has 0 unspecified atom stereocenters. The summed E-state index contributed by atoms with van der Waals surface area (Å²) in [6.45, 7) is 1.42. The molecule has 2 aromatic carbocycles. The topological polar surface area (TPSA) is 55.4 Å². The molecular formula is C28H25N5O. The second-order valence-corrected chi connectivity index (χ2v) is 8.69. The minimum absolute atomic E-state index is 0.0236. The van der Waals surface area contributed by atoms with E-state index in [2.05, 4.69) is 12.1 Å². The van der Waals surface area contributed by atoms with Crippen molar-refractivity contribution in [1.29, 1.82) is 0 Å². The Morgan fingerprint density at radius 1 is 0.853 bits per heavy atom. The normalized spacial score (nSPS) is 15.8. The highest BCUT2D eigenvalue weighted by atomic mass is 16.2. The lowest BCUT2D eigenvalue weighted by molar-refractivity contribution is 0.0715. The molecule has 168 valence electrons. The zero-order chi connectivity index (χ0) is 22.9. The molecule has 5 aromatic rings. The number of fused-ring (bicyclic) bond motifs is 1. The summed E-state index contributed by atoms with van der Waals surface area (Å²) in [4.78, 5) is 20.8. The van der Waals surface area contributed by atoms with Crippen molar-refractivity contribution in [2.45, 2.75) is 25.4 Å². The van der Waals surface area contributed by atoms with Crippen LogP contribution in [0.15, 0.2) is 97.3 Å². The van der Waals surface area contributed by atoms with Crippen molar-refractivity contribution in [2.75, 3.05) is 6.54 Å². The lowest BCUT2D eigenvalue weighted by atomic mass is 10.1. The van der Waals surface area contributed by atoms with Crippen molar-refractivity contribution in [2.24, 2.45) is 0 Å². The number of carbonyl (C=O) groups excluding carboxylic acids is 1. The van der Waals surface area contributed by atoms with Crippen LogP contribution in [0.5, 0.6) is 0 Å². The van der Waals surface area contributed by atoms with Gasteiger partial charge in [0.2, 0.25) is 0 Å². The van der Waals surface area contributed by atoms with E-state index in [-0.39, 0.29) is 11.9 Å². The summed E-state index contributed by atoms with van der Waals surface area (Å²) in [5.41, 5.74) is 5.13. The van der Waals surface area contributed by atoms with Crippen LogP contribution in [0.4, 0.5) is 0 Å². The Bertz CT molecular complexity index is 1440. The number of rotatable bonds is 5. The molecular weight excluding hydrogens is 422 g/mol. The number of carbonyl (C=O) groups is 1. The number of imidazole rings is 1. The van der Waals surface area contributed by atoms with E-state index in [4.69, 9.17) is 10.1 Å². The van der Waals surface area contributed by atoms with Crippen LogP contribution >= 0.6 is 0 Å². The second kappa shape index (κ2) is 8.63. The van der Waals surface area contributed by atoms with Gasteiger partial charge in [-0.2, -0.15) is 5.10 Å². The standard InChI is InChI=1S/C28H25N5O/c34-28(27-26(22-12-5-2-6-13-22)29-25-15-7-8-17-33(25)27)32-18-9-14-23(32)20-31-19-16-24(30-31)21-10-3-1-4-11-21/h1-8,10-13,15-17,19,23H,9,14,18,20H2/t23-/m0/s1. The molecule has 0 radical (unpaired) electrons. The third kappa shape index (κ3) is 3.67. The Hall–Kier alpha value is -4.19. The first-order valence-corrected chi connectivity index (χ1v) is 11.7. The van der Waals surface area contributed by atoms with Crippen molar-refractivity contribution in [1.82, 2.24) is 24.1 Å². The van der Waals surface area contributed by atoms with Crippen LogP contribution in [-0.2, 0) is 6.54 Å². The summed E-state index contributed by atoms with van der Waals surface area (Å²) in [5, 5.41) is 4.78. The molecule has 0 spiro atoms. The minimum atomic E-state index is 0.0236. The predicted octanol–water partition coefficient (Wildman–Crippen LogP) is 5.17. The van der Waals surface area contributed by atoms with Gasteiger partial charge in [-0.3, -0.25) is 13.9 Å². The van der Waals surface area contributed by atoms with Crippen molar-refractivity contribution in [3.05, 3.63) is 103 Å². The molecule has 6 heteroatoms. The van der Waals surface area contributed by atoms with Crippen LogP contribution in [0.2, 0.25) is 0 Å². The number of nitrogens with zero attached hydrogens (tertiary/aromatic N) is 5. The highest BCUT2D eigenvalue weighted by molar-refractivity contribution is 6.00. The average Bonchev–Trinajstić information content (AvgIpc) is 3.64. The van der Waals surface area contributed by atoms with Gasteiger partial charge in [-0.05, 0) is 31.0 Å². The predicted molar refractivity (Wildman–Crippen MR) is 132 cm³/mol. The lowest BCUT2D eigenvalue weighted by Crippen LogP contribution is -2.39. The molecule has 0 saturated carbocycles. The zero-order valence-corrected chi connectivity index (χ0v) is 18.8. The summed E-state index contributed by atoms with van der Waals surface area (Å²) in [7, 11) is 0. The summed E-state index contributed by atoms with van der Waals surface area (Å²) < 4.78 is 3.88. The number of hydrogen-bond donors (Lipinski definition) is 0. The number of aromatic nitrogens is 4. The summed E-state index contributed by atoms with van der Waals surface area (Å²) >= 11 is 0. The fourth-order valence-electron chi connectivity index (χ4n) is 4.87. The Balaban J connectivity index is 1.32. The van der Waals surface area contributed by atoms with Crippen molar-refractivity contribution in [3.8, 4) is 22.5 Å². The third-order valence-corrected chi connectivity index (χ3v) is 6.53. The smallest absolute Gasteiger partial charge is 0.273 e. The van der Waals surface area contributed by atoms with E-state index in [9.17, 15) is 4.79 Å². The fourth-order valence-corrected chi connectivity index (χ4v) is 4.87. The molecule has 1 aliphatic heterocycles. The number of hydrogen-bond acceptors (Lipinski definition) is 3. The number of amides is 1. The van der Waals surface area contributed by atoms with Crippen molar-refractivity contribution >= 4 is 11.6 Å². The Morgan fingerprint density at radius 3 is 2.38 bits per heavy atom. The van der Waals surface area contributed by atoms with Gasteiger partial charge in [-0.15, -0.1) is 0 Å². The van der Waals surface area contributed by atoms with Crippen molar-refractivity contribution in [3.63, 3.8) is 0 Å². The van der Waals surface area contributed by atoms with E-state index >= 15 is 0 Å². The van der Waals surface area contributed by atoms with Gasteiger partial charge in [0.05, 0.1) is 18.3 Å². The number of benzene rings is 2. The second-order valence-electron chi connectivity index (χ2n) is 8.69. The first-order chi connectivity index (χ1) is 16.8. The van der Waals surface area contributed by atoms with E-state index in [1.807, 2.05) is 99.2 Å². The molecule has 1 fully saturated rings. The van der Waals surface area contributed by atoms with Gasteiger partial charge >= 0.3 is 0 Å². The molecule has 1 amide bonds. The van der Waals surface area contributed by atoms with Crippen LogP contribution in [-0.4, -0.2) is 42.6 Å². The van der Waals surface area contributed by atoms with Gasteiger partial charge < -0.3 is 4.90 Å². The van der Waals surface area contributed by atoms with E-state index in [1.54, 1.807) is 0 Å². The minimum Gasteiger partial charge on any atom is -0.332 e. The summed E-state index contributed by atoms with van der Waals surface area (Å²) in [6.07, 6.45) is 5.88. The van der Waals surface area contributed by atoms with Crippen LogP contribution in [0.25, 0.3) is 28.2 Å². The molecule has 34 heavy (non-hydrogen) atoms. The first kappa shape index (κ1) is 20.4. The van der Waals surface area contributed by atoms with E-state index in [1.165, 1.54) is 0 Å². The molecule has 0 bridgehead atoms.